The maximum absolute atomic E-state index is 5.54. The zero-order chi connectivity index (χ0) is 20.1. The number of hydrogen-bond acceptors (Lipinski definition) is 6. The van der Waals surface area contributed by atoms with Crippen LogP contribution in [0.5, 0.6) is 11.5 Å². The molecule has 3 aromatic rings. The van der Waals surface area contributed by atoms with E-state index in [0.29, 0.717) is 6.79 Å². The number of nitrogens with zero attached hydrogens (tertiary/aromatic N) is 3. The van der Waals surface area contributed by atoms with Crippen molar-refractivity contribution in [3.8, 4) is 11.5 Å². The first-order valence-corrected chi connectivity index (χ1v) is 11.8. The molecule has 7 heteroatoms. The number of quaternary nitrogens is 1. The van der Waals surface area contributed by atoms with Crippen molar-refractivity contribution in [2.24, 2.45) is 5.92 Å². The second-order valence-electron chi connectivity index (χ2n) is 8.83. The Morgan fingerprint density at radius 1 is 1.17 bits per heavy atom. The van der Waals surface area contributed by atoms with Crippen LogP contribution in [0.25, 0.3) is 10.2 Å². The van der Waals surface area contributed by atoms with Crippen molar-refractivity contribution >= 4 is 27.4 Å². The Hall–Kier alpha value is -2.38. The van der Waals surface area contributed by atoms with Gasteiger partial charge in [0.15, 0.2) is 11.5 Å². The minimum atomic E-state index is 0.336. The zero-order valence-corrected chi connectivity index (χ0v) is 18.1. The van der Waals surface area contributed by atoms with Gasteiger partial charge >= 0.3 is 0 Å². The number of piperazine rings is 1. The number of rotatable bonds is 3. The van der Waals surface area contributed by atoms with Gasteiger partial charge in [-0.3, -0.25) is 0 Å². The fourth-order valence-electron chi connectivity index (χ4n) is 5.05. The summed E-state index contributed by atoms with van der Waals surface area (Å²) in [5, 5.41) is 1.34. The summed E-state index contributed by atoms with van der Waals surface area (Å²) in [6.45, 7) is 8.02. The van der Waals surface area contributed by atoms with Crippen LogP contribution in [0.4, 0.5) is 5.82 Å². The molecule has 1 aliphatic carbocycles. The monoisotopic (exact) mass is 423 g/mol. The van der Waals surface area contributed by atoms with Gasteiger partial charge in [-0.1, -0.05) is 6.92 Å². The lowest BCUT2D eigenvalue weighted by molar-refractivity contribution is -0.914. The van der Waals surface area contributed by atoms with E-state index >= 15 is 0 Å². The molecule has 156 valence electrons. The van der Waals surface area contributed by atoms with Crippen molar-refractivity contribution in [2.45, 2.75) is 32.7 Å². The first-order chi connectivity index (χ1) is 14.7. The van der Waals surface area contributed by atoms with Crippen molar-refractivity contribution in [3.05, 3.63) is 40.5 Å². The van der Waals surface area contributed by atoms with E-state index in [0.717, 1.165) is 56.0 Å². The molecule has 0 amide bonds. The standard InChI is InChI=1S/C23H26N4O2S/c1-15-2-4-17-20(10-15)30-23-21(17)22(24-13-25-23)27-8-6-26(7-9-27)12-16-3-5-18-19(11-16)29-14-28-18/h3,5,11,13,15H,2,4,6-10,12,14H2,1H3/p+1/t15-/m1/s1. The number of nitrogens with one attached hydrogen (secondary N) is 1. The van der Waals surface area contributed by atoms with E-state index in [1.54, 1.807) is 11.2 Å². The molecule has 0 saturated carbocycles. The van der Waals surface area contributed by atoms with Crippen LogP contribution >= 0.6 is 11.3 Å². The van der Waals surface area contributed by atoms with Gasteiger partial charge < -0.3 is 19.3 Å². The van der Waals surface area contributed by atoms with Crippen LogP contribution in [-0.2, 0) is 19.4 Å². The van der Waals surface area contributed by atoms with E-state index in [-0.39, 0.29) is 0 Å². The number of thiophene rings is 1. The van der Waals surface area contributed by atoms with Crippen molar-refractivity contribution in [1.29, 1.82) is 0 Å². The van der Waals surface area contributed by atoms with Gasteiger partial charge in [0.25, 0.3) is 0 Å². The number of aromatic nitrogens is 2. The predicted molar refractivity (Wildman–Crippen MR) is 118 cm³/mol. The summed E-state index contributed by atoms with van der Waals surface area (Å²) in [6, 6.07) is 6.33. The van der Waals surface area contributed by atoms with Crippen LogP contribution < -0.4 is 19.3 Å². The van der Waals surface area contributed by atoms with Crippen LogP contribution in [0.3, 0.4) is 0 Å². The molecule has 0 spiro atoms. The van der Waals surface area contributed by atoms with E-state index in [1.165, 1.54) is 45.5 Å². The Morgan fingerprint density at radius 2 is 2.03 bits per heavy atom. The number of anilines is 1. The maximum atomic E-state index is 5.54. The quantitative estimate of drug-likeness (QED) is 0.701. The lowest BCUT2D eigenvalue weighted by Gasteiger charge is -2.33. The smallest absolute Gasteiger partial charge is 0.231 e. The minimum absolute atomic E-state index is 0.336. The van der Waals surface area contributed by atoms with Crippen LogP contribution in [0, 0.1) is 5.92 Å². The van der Waals surface area contributed by atoms with Gasteiger partial charge in [-0.15, -0.1) is 11.3 Å². The third-order valence-corrected chi connectivity index (χ3v) is 7.90. The Kier molecular flexibility index (Phi) is 4.53. The summed E-state index contributed by atoms with van der Waals surface area (Å²) in [6.07, 6.45) is 5.41. The summed E-state index contributed by atoms with van der Waals surface area (Å²) >= 11 is 1.89. The summed E-state index contributed by atoms with van der Waals surface area (Å²) in [5.41, 5.74) is 2.84. The van der Waals surface area contributed by atoms with E-state index in [2.05, 4.69) is 28.9 Å². The third-order valence-electron chi connectivity index (χ3n) is 6.73. The molecule has 0 unspecified atom stereocenters. The molecule has 1 aromatic carbocycles. The van der Waals surface area contributed by atoms with Crippen molar-refractivity contribution in [1.82, 2.24) is 9.97 Å². The largest absolute Gasteiger partial charge is 0.454 e. The van der Waals surface area contributed by atoms with Crippen molar-refractivity contribution in [3.63, 3.8) is 0 Å². The van der Waals surface area contributed by atoms with E-state index in [4.69, 9.17) is 14.5 Å². The van der Waals surface area contributed by atoms with Crippen LogP contribution in [0.15, 0.2) is 24.5 Å². The van der Waals surface area contributed by atoms with Crippen LogP contribution in [-0.4, -0.2) is 42.9 Å². The Bertz CT molecular complexity index is 1090. The molecule has 1 fully saturated rings. The molecule has 6 rings (SSSR count). The van der Waals surface area contributed by atoms with Gasteiger partial charge in [-0.05, 0) is 48.9 Å². The first-order valence-electron chi connectivity index (χ1n) is 11.0. The molecule has 0 radical (unpaired) electrons. The van der Waals surface area contributed by atoms with Crippen molar-refractivity contribution in [2.75, 3.05) is 37.9 Å². The molecule has 4 heterocycles. The Morgan fingerprint density at radius 3 is 2.93 bits per heavy atom. The highest BCUT2D eigenvalue weighted by Crippen LogP contribution is 2.40. The third kappa shape index (κ3) is 3.20. The summed E-state index contributed by atoms with van der Waals surface area (Å²) in [5.74, 6) is 3.68. The summed E-state index contributed by atoms with van der Waals surface area (Å²) in [4.78, 5) is 16.2. The normalized spacial score (nSPS) is 21.2. The van der Waals surface area contributed by atoms with Gasteiger partial charge in [0, 0.05) is 10.4 Å². The highest BCUT2D eigenvalue weighted by Gasteiger charge is 2.28. The predicted octanol–water partition coefficient (Wildman–Crippen LogP) is 2.45. The second kappa shape index (κ2) is 7.39. The van der Waals surface area contributed by atoms with Gasteiger partial charge in [-0.25, -0.2) is 9.97 Å². The average molecular weight is 424 g/mol. The first kappa shape index (κ1) is 18.4. The van der Waals surface area contributed by atoms with Crippen LogP contribution in [0.2, 0.25) is 0 Å². The number of benzene rings is 1. The molecule has 6 nitrogen and oxygen atoms in total. The van der Waals surface area contributed by atoms with E-state index < -0.39 is 0 Å². The topological polar surface area (TPSA) is 51.9 Å². The number of ether oxygens (including phenoxy) is 2. The fourth-order valence-corrected chi connectivity index (χ4v) is 6.39. The molecule has 3 aliphatic rings. The van der Waals surface area contributed by atoms with Gasteiger partial charge in [0.2, 0.25) is 6.79 Å². The highest BCUT2D eigenvalue weighted by atomic mass is 32.1. The lowest BCUT2D eigenvalue weighted by atomic mass is 9.89. The van der Waals surface area contributed by atoms with Gasteiger partial charge in [0.1, 0.15) is 23.5 Å². The maximum Gasteiger partial charge on any atom is 0.231 e. The molecule has 30 heavy (non-hydrogen) atoms. The number of aryl methyl sites for hydroxylation is 1. The van der Waals surface area contributed by atoms with E-state index in [1.807, 2.05) is 17.4 Å². The summed E-state index contributed by atoms with van der Waals surface area (Å²) < 4.78 is 11.0. The highest BCUT2D eigenvalue weighted by molar-refractivity contribution is 7.19. The Labute approximate surface area is 180 Å². The summed E-state index contributed by atoms with van der Waals surface area (Å²) in [7, 11) is 0. The number of hydrogen-bond donors (Lipinski definition) is 1. The SMILES string of the molecule is C[C@@H]1CCc2c(sc3ncnc(N4CC[NH+](Cc5ccc6c(c5)OCO6)CC4)c23)C1. The second-order valence-corrected chi connectivity index (χ2v) is 9.91. The van der Waals surface area contributed by atoms with E-state index in [9.17, 15) is 0 Å². The molecule has 0 bridgehead atoms. The average Bonchev–Trinajstić information content (AvgIpc) is 3.37. The lowest BCUT2D eigenvalue weighted by Crippen LogP contribution is -3.13. The number of fused-ring (bicyclic) bond motifs is 4. The minimum Gasteiger partial charge on any atom is -0.454 e. The Balaban J connectivity index is 1.19. The molecule has 1 saturated heterocycles. The molecule has 2 aliphatic heterocycles. The van der Waals surface area contributed by atoms with Crippen molar-refractivity contribution < 1.29 is 14.4 Å². The van der Waals surface area contributed by atoms with Gasteiger partial charge in [0.05, 0.1) is 31.6 Å². The van der Waals surface area contributed by atoms with Gasteiger partial charge in [-0.2, -0.15) is 0 Å². The van der Waals surface area contributed by atoms with Crippen LogP contribution in [0.1, 0.15) is 29.3 Å². The molecular weight excluding hydrogens is 396 g/mol. The molecule has 1 N–H and O–H groups in total. The zero-order valence-electron chi connectivity index (χ0n) is 17.3. The molecular formula is C23H27N4O2S+. The molecule has 1 atom stereocenters. The fraction of sp³-hybridized carbons (Fsp3) is 0.478. The molecule has 2 aromatic heterocycles.